The van der Waals surface area contributed by atoms with Crippen molar-refractivity contribution in [1.82, 2.24) is 58.5 Å². The molecule has 16 atom stereocenters. The van der Waals surface area contributed by atoms with Crippen LogP contribution in [0.1, 0.15) is 32.0 Å². The van der Waals surface area contributed by atoms with Crippen molar-refractivity contribution in [3.05, 3.63) is 46.0 Å². The van der Waals surface area contributed by atoms with Crippen LogP contribution in [0.2, 0.25) is 0 Å². The number of hydrogen-bond acceptors (Lipinski definition) is 29. The number of nitrogens with two attached hydrogens (primary N) is 2. The highest BCUT2D eigenvalue weighted by Crippen LogP contribution is 2.68. The zero-order chi connectivity index (χ0) is 59.5. The standard InChI is InChI=1S/C38H54N16O24P4/c1-6-41-38-47-31-22(33(60)49-38)51(4)14-54(31)34-23(56)15(7-19(55)50(2)3)16(73-34)8-71-80(63,64)77-82(67,68)78-81(65,66)72-10-18-26(27(69-5)36(75-18)52-12-44-20-28(39)42-11-43-29(20)52)76-79(61,62)70-9-17-24(57)25(58)35(74-17)53-13-45-21-30(53)46-37(40)48-32(21)59/h11-18,23-27,34-36,56-58H,6-10H2,1-5H3,(H10-,39,40,41,42,43,46,47,48,49,59,60,61,62,63,64,65,66,67,68)/p+1/t15-,16-,17-,18-,23-,24-,25-,26-,27-,34?,35-,36-/m1/s1. The first-order chi connectivity index (χ1) is 38.5. The molecule has 40 nitrogen and oxygen atoms in total. The maximum Gasteiger partial charge on any atom is 0.490 e. The molecule has 0 saturated carbocycles. The van der Waals surface area contributed by atoms with Gasteiger partial charge in [-0.1, -0.05) is 4.98 Å². The molecule has 3 saturated heterocycles. The van der Waals surface area contributed by atoms with E-state index in [0.717, 1.165) is 30.7 Å². The fourth-order valence-corrected chi connectivity index (χ4v) is 13.7. The molecule has 3 aliphatic rings. The van der Waals surface area contributed by atoms with Crippen LogP contribution in [0.4, 0.5) is 17.7 Å². The number of nitrogens with zero attached hydrogens (tertiary/aromatic N) is 11. The van der Waals surface area contributed by atoms with Crippen molar-refractivity contribution in [1.29, 1.82) is 0 Å². The highest BCUT2D eigenvalue weighted by Gasteiger charge is 2.54. The van der Waals surface area contributed by atoms with E-state index in [1.165, 1.54) is 46.1 Å². The Hall–Kier alpha value is -5.64. The lowest BCUT2D eigenvalue weighted by molar-refractivity contribution is -0.745. The van der Waals surface area contributed by atoms with Crippen LogP contribution in [-0.2, 0) is 75.8 Å². The number of nitrogen functional groups attached to an aromatic ring is 2. The Kier molecular flexibility index (Phi) is 17.4. The summed E-state index contributed by atoms with van der Waals surface area (Å²) in [4.78, 5) is 112. The summed E-state index contributed by atoms with van der Waals surface area (Å²) in [6.07, 6.45) is -13.8. The molecule has 1 amide bonds. The van der Waals surface area contributed by atoms with Crippen LogP contribution in [-0.4, -0.2) is 196 Å². The monoisotopic (exact) mass is 1240 g/mol. The third-order valence-electron chi connectivity index (χ3n) is 13.0. The molecule has 3 fully saturated rings. The van der Waals surface area contributed by atoms with Gasteiger partial charge in [-0.3, -0.25) is 56.1 Å². The van der Waals surface area contributed by atoms with Gasteiger partial charge >= 0.3 is 36.9 Å². The van der Waals surface area contributed by atoms with Crippen molar-refractivity contribution >= 4 is 88.4 Å². The van der Waals surface area contributed by atoms with E-state index in [9.17, 15) is 67.5 Å². The Morgan fingerprint density at radius 2 is 1.39 bits per heavy atom. The SMILES string of the molecule is CCNc1nc2c(c(=O)[nH]1)n(C)c[n+]2C1O[C@H](COP(=O)(O)OP(=O)(O)OP(=O)(O)OC[C@H]2O[C@@H](n3cnc4c(N)ncnc43)[C@H](OC)[C@@H]2OP(=O)(O)OC[C@H]2O[C@@H](n3cnc4c(=O)[nH]c(N)nc43)[C@H](O)[C@@H]2O)[C@@H](CC(=O)N(C)C)[C@H]1O. The van der Waals surface area contributed by atoms with E-state index in [4.69, 9.17) is 48.5 Å². The third-order valence-corrected chi connectivity index (χ3v) is 18.2. The lowest BCUT2D eigenvalue weighted by Gasteiger charge is -2.26. The van der Waals surface area contributed by atoms with Gasteiger partial charge in [0.2, 0.25) is 23.6 Å². The molecule has 5 unspecified atom stereocenters. The number of methoxy groups -OCH3 is 1. The number of aromatic nitrogens is 12. The molecule has 44 heteroatoms. The number of carbonyl (C=O) groups excluding carboxylic acids is 1. The highest BCUT2D eigenvalue weighted by atomic mass is 31.3. The van der Waals surface area contributed by atoms with E-state index in [0.29, 0.717) is 6.54 Å². The van der Waals surface area contributed by atoms with Crippen LogP contribution >= 0.6 is 31.3 Å². The van der Waals surface area contributed by atoms with E-state index in [1.54, 1.807) is 6.92 Å². The number of aliphatic hydroxyl groups excluding tert-OH is 3. The second-order valence-corrected chi connectivity index (χ2v) is 24.7. The Bertz CT molecular complexity index is 3690. The second-order valence-electron chi connectivity index (χ2n) is 18.6. The van der Waals surface area contributed by atoms with Gasteiger partial charge in [-0.2, -0.15) is 13.6 Å². The number of H-pyrrole nitrogens is 2. The van der Waals surface area contributed by atoms with Crippen molar-refractivity contribution in [3.8, 4) is 0 Å². The van der Waals surface area contributed by atoms with E-state index in [1.807, 2.05) is 0 Å². The van der Waals surface area contributed by atoms with Gasteiger partial charge in [0.25, 0.3) is 17.1 Å². The van der Waals surface area contributed by atoms with Crippen LogP contribution in [0.3, 0.4) is 0 Å². The summed E-state index contributed by atoms with van der Waals surface area (Å²) in [6.45, 7) is -1.19. The van der Waals surface area contributed by atoms with Crippen molar-refractivity contribution < 1.29 is 108 Å². The molecule has 0 aromatic carbocycles. The van der Waals surface area contributed by atoms with E-state index >= 15 is 0 Å². The first kappa shape index (κ1) is 60.9. The number of nitrogens with one attached hydrogen (secondary N) is 3. The molecule has 3 aliphatic heterocycles. The van der Waals surface area contributed by atoms with Gasteiger partial charge in [-0.15, -0.1) is 0 Å². The molecule has 450 valence electrons. The number of ether oxygens (including phenoxy) is 4. The van der Waals surface area contributed by atoms with Gasteiger partial charge in [0, 0.05) is 40.1 Å². The van der Waals surface area contributed by atoms with Crippen LogP contribution in [0.15, 0.2) is 34.9 Å². The van der Waals surface area contributed by atoms with Crippen molar-refractivity contribution in [2.24, 2.45) is 13.0 Å². The van der Waals surface area contributed by atoms with Gasteiger partial charge < -0.3 is 75.5 Å². The molecule has 6 aromatic heterocycles. The molecule has 9 heterocycles. The fraction of sp³-hybridized carbons (Fsp3) is 0.579. The molecule has 9 rings (SSSR count). The van der Waals surface area contributed by atoms with Crippen LogP contribution in [0.5, 0.6) is 0 Å². The summed E-state index contributed by atoms with van der Waals surface area (Å²) < 4.78 is 111. The van der Waals surface area contributed by atoms with E-state index < -0.39 is 148 Å². The highest BCUT2D eigenvalue weighted by molar-refractivity contribution is 7.66. The van der Waals surface area contributed by atoms with Gasteiger partial charge in [-0.05, 0) is 6.92 Å². The maximum absolute atomic E-state index is 13.8. The number of anilines is 3. The van der Waals surface area contributed by atoms with Crippen LogP contribution < -0.4 is 32.5 Å². The minimum atomic E-state index is -6.24. The Labute approximate surface area is 458 Å². The first-order valence-corrected chi connectivity index (χ1v) is 30.0. The zero-order valence-corrected chi connectivity index (χ0v) is 46.8. The molecule has 0 aliphatic carbocycles. The van der Waals surface area contributed by atoms with Crippen LogP contribution in [0, 0.1) is 5.92 Å². The summed E-state index contributed by atoms with van der Waals surface area (Å²) in [5.74, 6) is -2.10. The normalized spacial score (nSPS) is 28.8. The summed E-state index contributed by atoms with van der Waals surface area (Å²) in [5, 5.41) is 36.3. The van der Waals surface area contributed by atoms with E-state index in [2.05, 4.69) is 53.8 Å². The number of amides is 1. The molecular formula is C38H55N16O24P4+. The summed E-state index contributed by atoms with van der Waals surface area (Å²) in [6, 6.07) is 0. The van der Waals surface area contributed by atoms with Gasteiger partial charge in [0.1, 0.15) is 54.6 Å². The Morgan fingerprint density at radius 1 is 0.768 bits per heavy atom. The zero-order valence-electron chi connectivity index (χ0n) is 43.2. The van der Waals surface area contributed by atoms with E-state index in [-0.39, 0.29) is 51.2 Å². The number of phosphoric ester groups is 3. The quantitative estimate of drug-likeness (QED) is 0.0223. The number of rotatable bonds is 23. The van der Waals surface area contributed by atoms with Crippen molar-refractivity contribution in [2.45, 2.75) is 80.9 Å². The fourth-order valence-electron chi connectivity index (χ4n) is 9.25. The lowest BCUT2D eigenvalue weighted by Crippen LogP contribution is -2.45. The Balaban J connectivity index is 0.880. The molecule has 0 spiro atoms. The van der Waals surface area contributed by atoms with Crippen molar-refractivity contribution in [3.63, 3.8) is 0 Å². The lowest BCUT2D eigenvalue weighted by atomic mass is 9.94. The summed E-state index contributed by atoms with van der Waals surface area (Å²) >= 11 is 0. The van der Waals surface area contributed by atoms with Crippen molar-refractivity contribution in [2.75, 3.05) is 64.4 Å². The minimum Gasteiger partial charge on any atom is -0.387 e. The molecule has 0 bridgehead atoms. The number of aryl methyl sites for hydroxylation is 1. The topological polar surface area (TPSA) is 548 Å². The molecule has 14 N–H and O–H groups in total. The number of phosphoric acid groups is 4. The smallest absolute Gasteiger partial charge is 0.387 e. The second kappa shape index (κ2) is 23.4. The predicted molar refractivity (Wildman–Crippen MR) is 270 cm³/mol. The molecule has 6 aromatic rings. The van der Waals surface area contributed by atoms with Gasteiger partial charge in [0.05, 0.1) is 45.6 Å². The maximum atomic E-state index is 13.8. The predicted octanol–water partition coefficient (Wildman–Crippen LogP) is -3.13. The number of hydrogen-bond donors (Lipinski definition) is 12. The number of fused-ring (bicyclic) bond motifs is 3. The third kappa shape index (κ3) is 12.6. The number of aliphatic hydroxyl groups is 3. The minimum absolute atomic E-state index is 0.00710. The molecule has 0 radical (unpaired) electrons. The molecular weight excluding hydrogens is 1190 g/mol. The number of imidazole rings is 3. The Morgan fingerprint density at radius 3 is 2.05 bits per heavy atom. The summed E-state index contributed by atoms with van der Waals surface area (Å²) in [7, 11) is -18.1. The van der Waals surface area contributed by atoms with Gasteiger partial charge in [-0.25, -0.2) is 42.8 Å². The van der Waals surface area contributed by atoms with Crippen LogP contribution in [0.25, 0.3) is 33.5 Å². The van der Waals surface area contributed by atoms with Gasteiger partial charge in [0.15, 0.2) is 41.4 Å². The number of carbonyl (C=O) groups is 1. The molecule has 82 heavy (non-hydrogen) atoms. The average Bonchev–Trinajstić information content (AvgIpc) is 4.16. The largest absolute Gasteiger partial charge is 0.490 e. The summed E-state index contributed by atoms with van der Waals surface area (Å²) in [5.41, 5.74) is 10.1. The number of aromatic amines is 2. The average molecular weight is 1240 g/mol. The first-order valence-electron chi connectivity index (χ1n) is 24.0.